The van der Waals surface area contributed by atoms with Crippen molar-refractivity contribution in [1.29, 1.82) is 5.26 Å². The Kier molecular flexibility index (Phi) is 8.71. The predicted molar refractivity (Wildman–Crippen MR) is 97.4 cm³/mol. The molecule has 140 valence electrons. The molecule has 8 nitrogen and oxygen atoms in total. The van der Waals surface area contributed by atoms with E-state index in [2.05, 4.69) is 16.4 Å². The monoisotopic (exact) mass is 369 g/mol. The molecule has 0 aliphatic carbocycles. The number of nitrogens with zero attached hydrogens (tertiary/aromatic N) is 2. The molecule has 0 saturated carbocycles. The van der Waals surface area contributed by atoms with Crippen LogP contribution in [0.2, 0.25) is 0 Å². The third kappa shape index (κ3) is 8.29. The minimum atomic E-state index is -1.26. The lowest BCUT2D eigenvalue weighted by molar-refractivity contribution is -0.134. The first-order valence-corrected chi connectivity index (χ1v) is 7.78. The van der Waals surface area contributed by atoms with Crippen LogP contribution >= 0.6 is 0 Å². The maximum Gasteiger partial charge on any atom is 0.328 e. The van der Waals surface area contributed by atoms with Gasteiger partial charge in [-0.3, -0.25) is 0 Å². The van der Waals surface area contributed by atoms with E-state index in [4.69, 9.17) is 20.2 Å². The molecule has 0 bridgehead atoms. The summed E-state index contributed by atoms with van der Waals surface area (Å²) in [6, 6.07) is 13.3. The summed E-state index contributed by atoms with van der Waals surface area (Å²) in [4.78, 5) is 23.4. The van der Waals surface area contributed by atoms with Crippen LogP contribution in [0.4, 0.5) is 0 Å². The number of aryl methyl sites for hydroxylation is 1. The third-order valence-electron chi connectivity index (χ3n) is 2.98. The summed E-state index contributed by atoms with van der Waals surface area (Å²) in [7, 11) is 1.89. The number of carbonyl (C=O) groups is 2. The number of benzene rings is 1. The van der Waals surface area contributed by atoms with Gasteiger partial charge < -0.3 is 20.3 Å². The van der Waals surface area contributed by atoms with Crippen molar-refractivity contribution in [3.63, 3.8) is 0 Å². The number of carboxylic acids is 2. The lowest BCUT2D eigenvalue weighted by Crippen LogP contribution is -2.04. The molecule has 0 amide bonds. The number of ether oxygens (including phenoxy) is 1. The van der Waals surface area contributed by atoms with Crippen molar-refractivity contribution in [2.24, 2.45) is 0 Å². The number of aromatic nitrogens is 1. The van der Waals surface area contributed by atoms with E-state index in [1.807, 2.05) is 38.2 Å². The van der Waals surface area contributed by atoms with Crippen LogP contribution in [-0.4, -0.2) is 34.2 Å². The third-order valence-corrected chi connectivity index (χ3v) is 2.98. The highest BCUT2D eigenvalue weighted by Crippen LogP contribution is 2.24. The maximum atomic E-state index is 9.55. The van der Waals surface area contributed by atoms with Crippen molar-refractivity contribution >= 4 is 11.9 Å². The molecule has 0 saturated heterocycles. The molecule has 27 heavy (non-hydrogen) atoms. The highest BCUT2D eigenvalue weighted by Gasteiger charge is 2.07. The molecule has 0 spiro atoms. The zero-order valence-electron chi connectivity index (χ0n) is 14.8. The SMILES string of the molecule is CNCc1cccc(Oc2nc(C)ccc2C#N)c1.O=C(O)/C=C/C(=O)O. The van der Waals surface area contributed by atoms with Gasteiger partial charge in [-0.2, -0.15) is 5.26 Å². The molecule has 2 rings (SSSR count). The molecule has 3 N–H and O–H groups in total. The van der Waals surface area contributed by atoms with E-state index in [1.54, 1.807) is 12.1 Å². The summed E-state index contributed by atoms with van der Waals surface area (Å²) in [5, 5.41) is 27.8. The Hall–Kier alpha value is -3.70. The summed E-state index contributed by atoms with van der Waals surface area (Å²) < 4.78 is 5.71. The topological polar surface area (TPSA) is 133 Å². The highest BCUT2D eigenvalue weighted by atomic mass is 16.5. The Balaban J connectivity index is 0.000000387. The van der Waals surface area contributed by atoms with Gasteiger partial charge in [0.15, 0.2) is 0 Å². The molecule has 2 aromatic rings. The second kappa shape index (κ2) is 11.0. The number of nitrogens with one attached hydrogen (secondary N) is 1. The van der Waals surface area contributed by atoms with Crippen molar-refractivity contribution in [3.8, 4) is 17.7 Å². The summed E-state index contributed by atoms with van der Waals surface area (Å²) in [5.74, 6) is -1.48. The van der Waals surface area contributed by atoms with Crippen LogP contribution in [-0.2, 0) is 16.1 Å². The number of aliphatic carboxylic acids is 2. The van der Waals surface area contributed by atoms with E-state index in [-0.39, 0.29) is 0 Å². The van der Waals surface area contributed by atoms with Crippen LogP contribution in [0, 0.1) is 18.3 Å². The molecular weight excluding hydrogens is 350 g/mol. The Morgan fingerprint density at radius 3 is 2.44 bits per heavy atom. The average Bonchev–Trinajstić information content (AvgIpc) is 2.61. The highest BCUT2D eigenvalue weighted by molar-refractivity contribution is 5.89. The number of hydrogen-bond donors (Lipinski definition) is 3. The molecule has 0 atom stereocenters. The van der Waals surface area contributed by atoms with Gasteiger partial charge in [0.25, 0.3) is 0 Å². The minimum absolute atomic E-state index is 0.351. The molecule has 0 fully saturated rings. The van der Waals surface area contributed by atoms with Crippen LogP contribution in [0.1, 0.15) is 16.8 Å². The summed E-state index contributed by atoms with van der Waals surface area (Å²) in [6.45, 7) is 2.63. The molecule has 0 unspecified atom stereocenters. The van der Waals surface area contributed by atoms with Crippen molar-refractivity contribution in [2.75, 3.05) is 7.05 Å². The van der Waals surface area contributed by atoms with Crippen molar-refractivity contribution in [2.45, 2.75) is 13.5 Å². The summed E-state index contributed by atoms with van der Waals surface area (Å²) in [6.07, 6.45) is 1.12. The van der Waals surface area contributed by atoms with Crippen molar-refractivity contribution < 1.29 is 24.5 Å². The van der Waals surface area contributed by atoms with Crippen LogP contribution in [0.5, 0.6) is 11.6 Å². The standard InChI is InChI=1S/C15H15N3O.C4H4O4/c1-11-6-7-13(9-16)15(18-11)19-14-5-3-4-12(8-14)10-17-2;5-3(6)1-2-4(7)8/h3-8,17H,10H2,1-2H3;1-2H,(H,5,6)(H,7,8)/b;2-1+. The van der Waals surface area contributed by atoms with Gasteiger partial charge in [-0.05, 0) is 43.8 Å². The lowest BCUT2D eigenvalue weighted by Gasteiger charge is -2.08. The second-order valence-corrected chi connectivity index (χ2v) is 5.21. The van der Waals surface area contributed by atoms with Crippen LogP contribution < -0.4 is 10.1 Å². The fourth-order valence-electron chi connectivity index (χ4n) is 1.87. The van der Waals surface area contributed by atoms with Crippen molar-refractivity contribution in [1.82, 2.24) is 10.3 Å². The molecule has 1 heterocycles. The van der Waals surface area contributed by atoms with Gasteiger partial charge in [0.2, 0.25) is 5.88 Å². The normalized spacial score (nSPS) is 9.81. The van der Waals surface area contributed by atoms with E-state index in [0.717, 1.165) is 17.8 Å². The van der Waals surface area contributed by atoms with E-state index in [9.17, 15) is 9.59 Å². The lowest BCUT2D eigenvalue weighted by atomic mass is 10.2. The average molecular weight is 369 g/mol. The zero-order valence-corrected chi connectivity index (χ0v) is 14.8. The molecule has 8 heteroatoms. The first-order chi connectivity index (χ1) is 12.8. The van der Waals surface area contributed by atoms with Gasteiger partial charge in [-0.1, -0.05) is 12.1 Å². The Bertz CT molecular complexity index is 856. The molecule has 1 aromatic heterocycles. The van der Waals surface area contributed by atoms with Crippen LogP contribution in [0.3, 0.4) is 0 Å². The quantitative estimate of drug-likeness (QED) is 0.662. The van der Waals surface area contributed by atoms with Gasteiger partial charge in [0, 0.05) is 24.4 Å². The van der Waals surface area contributed by atoms with E-state index < -0.39 is 11.9 Å². The minimum Gasteiger partial charge on any atom is -0.478 e. The Morgan fingerprint density at radius 1 is 1.22 bits per heavy atom. The smallest absolute Gasteiger partial charge is 0.328 e. The van der Waals surface area contributed by atoms with Gasteiger partial charge >= 0.3 is 11.9 Å². The fourth-order valence-corrected chi connectivity index (χ4v) is 1.87. The predicted octanol–water partition coefficient (Wildman–Crippen LogP) is 2.49. The first kappa shape index (κ1) is 21.3. The summed E-state index contributed by atoms with van der Waals surface area (Å²) in [5.41, 5.74) is 2.37. The maximum absolute atomic E-state index is 9.55. The number of nitriles is 1. The van der Waals surface area contributed by atoms with Gasteiger partial charge in [0.05, 0.1) is 0 Å². The van der Waals surface area contributed by atoms with E-state index in [0.29, 0.717) is 29.3 Å². The largest absolute Gasteiger partial charge is 0.478 e. The number of pyridine rings is 1. The van der Waals surface area contributed by atoms with Crippen molar-refractivity contribution in [3.05, 3.63) is 65.4 Å². The van der Waals surface area contributed by atoms with E-state index >= 15 is 0 Å². The first-order valence-electron chi connectivity index (χ1n) is 7.78. The van der Waals surface area contributed by atoms with Crippen LogP contribution in [0.25, 0.3) is 0 Å². The van der Waals surface area contributed by atoms with Gasteiger partial charge in [-0.15, -0.1) is 0 Å². The number of hydrogen-bond acceptors (Lipinski definition) is 6. The Morgan fingerprint density at radius 2 is 1.89 bits per heavy atom. The molecule has 1 aromatic carbocycles. The number of carboxylic acid groups (broad SMARTS) is 2. The second-order valence-electron chi connectivity index (χ2n) is 5.21. The zero-order chi connectivity index (χ0) is 20.2. The summed E-state index contributed by atoms with van der Waals surface area (Å²) >= 11 is 0. The Labute approximate surface area is 156 Å². The van der Waals surface area contributed by atoms with Gasteiger partial charge in [0.1, 0.15) is 17.4 Å². The molecule has 0 radical (unpaired) electrons. The molecular formula is C19H19N3O5. The fraction of sp³-hybridized carbons (Fsp3) is 0.158. The molecule has 0 aliphatic rings. The van der Waals surface area contributed by atoms with E-state index in [1.165, 1.54) is 0 Å². The van der Waals surface area contributed by atoms with Gasteiger partial charge in [-0.25, -0.2) is 14.6 Å². The van der Waals surface area contributed by atoms with Crippen LogP contribution in [0.15, 0.2) is 48.6 Å². The number of rotatable bonds is 6. The molecule has 0 aliphatic heterocycles.